The smallest absolute Gasteiger partial charge is 0.323 e. The van der Waals surface area contributed by atoms with Crippen LogP contribution in [-0.4, -0.2) is 50.1 Å². The Labute approximate surface area is 224 Å². The molecule has 2 aliphatic heterocycles. The van der Waals surface area contributed by atoms with E-state index >= 15 is 0 Å². The molecule has 2 aliphatic rings. The first-order chi connectivity index (χ1) is 26.4. The van der Waals surface area contributed by atoms with Crippen LogP contribution < -0.4 is 15.2 Å². The van der Waals surface area contributed by atoms with E-state index in [0.29, 0.717) is 0 Å². The summed E-state index contributed by atoms with van der Waals surface area (Å²) in [6, 6.07) is -11.4. The molecule has 0 radical (unpaired) electrons. The summed E-state index contributed by atoms with van der Waals surface area (Å²) in [5.41, 5.74) is 3.38. The Morgan fingerprint density at radius 1 is 1.40 bits per heavy atom. The van der Waals surface area contributed by atoms with Crippen molar-refractivity contribution in [3.8, 4) is 11.5 Å². The van der Waals surface area contributed by atoms with Crippen molar-refractivity contribution in [3.05, 3.63) is 23.2 Å². The van der Waals surface area contributed by atoms with E-state index in [2.05, 4.69) is 0 Å². The molecule has 30 heavy (non-hydrogen) atoms. The molecular formula is C24H38N2O4. The molecule has 0 aromatic heterocycles. The fraction of sp³-hybridized carbons (Fsp3) is 0.708. The van der Waals surface area contributed by atoms with Gasteiger partial charge in [-0.2, -0.15) is 0 Å². The molecule has 1 aromatic carbocycles. The number of benzene rings is 1. The highest BCUT2D eigenvalue weighted by Gasteiger charge is 2.41. The van der Waals surface area contributed by atoms with Gasteiger partial charge in [-0.1, -0.05) is 27.4 Å². The average molecular weight is 450 g/mol. The number of ether oxygens (including phenoxy) is 3. The molecule has 2 N–H and O–H groups in total. The zero-order valence-corrected chi connectivity index (χ0v) is 15.1. The topological polar surface area (TPSA) is 74.0 Å². The molecular weight excluding hydrogens is 380 g/mol. The second kappa shape index (κ2) is 9.56. The van der Waals surface area contributed by atoms with E-state index in [-0.39, 0.29) is 4.90 Å². The minimum Gasteiger partial charge on any atom is -0.493 e. The van der Waals surface area contributed by atoms with Gasteiger partial charge in [0.25, 0.3) is 0 Å². The Kier molecular flexibility index (Phi) is 1.78. The van der Waals surface area contributed by atoms with Crippen molar-refractivity contribution in [1.29, 1.82) is 0 Å². The van der Waals surface area contributed by atoms with Gasteiger partial charge in [-0.15, -0.1) is 0 Å². The molecule has 1 aromatic rings. The minimum atomic E-state index is -4.97. The van der Waals surface area contributed by atoms with Crippen LogP contribution in [0.5, 0.6) is 11.5 Å². The lowest BCUT2D eigenvalue weighted by molar-refractivity contribution is -0.160. The van der Waals surface area contributed by atoms with E-state index < -0.39 is 150 Å². The fourth-order valence-corrected chi connectivity index (χ4v) is 2.76. The van der Waals surface area contributed by atoms with Crippen molar-refractivity contribution in [2.45, 2.75) is 64.7 Å². The number of carbonyl (C=O) groups is 1. The predicted octanol–water partition coefficient (Wildman–Crippen LogP) is 3.56. The van der Waals surface area contributed by atoms with E-state index in [1.54, 1.807) is 0 Å². The number of nitrogens with zero attached hydrogens (tertiary/aromatic N) is 1. The zero-order valence-electron chi connectivity index (χ0n) is 46.1. The average Bonchev–Trinajstić information content (AvgIpc) is 3.01. The third kappa shape index (κ3) is 4.75. The predicted molar refractivity (Wildman–Crippen MR) is 118 cm³/mol. The second-order valence-corrected chi connectivity index (χ2v) is 5.96. The van der Waals surface area contributed by atoms with Gasteiger partial charge in [-0.05, 0) is 47.8 Å². The van der Waals surface area contributed by atoms with Gasteiger partial charge >= 0.3 is 5.97 Å². The molecule has 0 aliphatic carbocycles. The fourth-order valence-electron chi connectivity index (χ4n) is 2.76. The third-order valence-electron chi connectivity index (χ3n) is 4.07. The first kappa shape index (κ1) is 5.57. The molecule has 4 atom stereocenters. The molecule has 0 bridgehead atoms. The molecule has 2 heterocycles. The summed E-state index contributed by atoms with van der Waals surface area (Å²) in [6.45, 7) is -23.3. The lowest BCUT2D eigenvalue weighted by Crippen LogP contribution is -2.51. The van der Waals surface area contributed by atoms with E-state index in [0.717, 1.165) is 0 Å². The molecule has 0 saturated carbocycles. The number of hydrogen-bond donors (Lipinski definition) is 1. The number of piperidine rings is 1. The highest BCUT2D eigenvalue weighted by atomic mass is 16.5. The van der Waals surface area contributed by atoms with Crippen LogP contribution in [0.15, 0.2) is 12.1 Å². The SMILES string of the molecule is [2H]c1c2c(c([2H])c(OC([2H])([2H])[2H])c1OC([2H])([2H])[2H])C1([2H])N(CC2)C([2H])([2H])C([2H])(C([2H])([2H])C([2H])(C([2H])([2H])[2H])C([2H])([2H])[2H])C(OC(=O)[C@@]([2H])(N)C([2H])(C([2H])([2H])[2H])C([2H])([2H])[2H])C1([2H])[2H]. The van der Waals surface area contributed by atoms with E-state index in [1.807, 2.05) is 0 Å². The number of esters is 1. The van der Waals surface area contributed by atoms with Gasteiger partial charge in [0.15, 0.2) is 11.5 Å². The number of carbonyl (C=O) groups excluding carboxylic acids is 1. The Morgan fingerprint density at radius 2 is 2.17 bits per heavy atom. The van der Waals surface area contributed by atoms with Crippen LogP contribution in [-0.2, 0) is 16.0 Å². The molecule has 6 nitrogen and oxygen atoms in total. The third-order valence-corrected chi connectivity index (χ3v) is 4.07. The molecule has 168 valence electrons. The van der Waals surface area contributed by atoms with Crippen LogP contribution >= 0.6 is 0 Å². The lowest BCUT2D eigenvalue weighted by atomic mass is 9.79. The Balaban J connectivity index is 2.72. The number of fused-ring (bicyclic) bond motifs is 3. The van der Waals surface area contributed by atoms with Crippen molar-refractivity contribution in [2.75, 3.05) is 27.1 Å². The zero-order chi connectivity index (χ0) is 48.7. The minimum absolute atomic E-state index is 0.159. The molecule has 1 saturated heterocycles. The molecule has 0 amide bonds. The largest absolute Gasteiger partial charge is 0.493 e. The van der Waals surface area contributed by atoms with E-state index in [4.69, 9.17) is 54.2 Å². The Bertz CT molecular complexity index is 1860. The maximum atomic E-state index is 14.0. The van der Waals surface area contributed by atoms with Crippen molar-refractivity contribution >= 4 is 5.97 Å². The lowest BCUT2D eigenvalue weighted by Gasteiger charge is -2.47. The van der Waals surface area contributed by atoms with Crippen molar-refractivity contribution in [2.24, 2.45) is 23.4 Å². The van der Waals surface area contributed by atoms with Gasteiger partial charge in [0.2, 0.25) is 0 Å². The van der Waals surface area contributed by atoms with Crippen molar-refractivity contribution < 1.29 is 61.5 Å². The van der Waals surface area contributed by atoms with Crippen molar-refractivity contribution in [3.63, 3.8) is 0 Å². The van der Waals surface area contributed by atoms with E-state index in [9.17, 15) is 13.0 Å². The number of hydrogen-bond acceptors (Lipinski definition) is 6. The second-order valence-electron chi connectivity index (χ2n) is 5.96. The number of rotatable bonds is 7. The number of nitrogens with two attached hydrogens (primary N) is 1. The van der Waals surface area contributed by atoms with Crippen LogP contribution in [0.2, 0.25) is 0 Å². The van der Waals surface area contributed by atoms with Crippen LogP contribution in [0.3, 0.4) is 0 Å². The summed E-state index contributed by atoms with van der Waals surface area (Å²) < 4.78 is 271. The molecule has 6 heteroatoms. The first-order valence-corrected chi connectivity index (χ1v) is 8.19. The van der Waals surface area contributed by atoms with E-state index in [1.165, 1.54) is 0 Å². The quantitative estimate of drug-likeness (QED) is 0.642. The van der Waals surface area contributed by atoms with Gasteiger partial charge in [0, 0.05) is 60.1 Å². The van der Waals surface area contributed by atoms with Gasteiger partial charge in [0.05, 0.1) is 27.8 Å². The maximum Gasteiger partial charge on any atom is 0.323 e. The Morgan fingerprint density at radius 3 is 2.87 bits per heavy atom. The first-order valence-electron chi connectivity index (χ1n) is 23.7. The summed E-state index contributed by atoms with van der Waals surface area (Å²) in [6.07, 6.45) is -14.5. The van der Waals surface area contributed by atoms with Crippen LogP contribution in [0.4, 0.5) is 0 Å². The summed E-state index contributed by atoms with van der Waals surface area (Å²) >= 11 is 0. The van der Waals surface area contributed by atoms with Crippen LogP contribution in [0.25, 0.3) is 0 Å². The monoisotopic (exact) mass is 449 g/mol. The van der Waals surface area contributed by atoms with Gasteiger partial charge < -0.3 is 19.9 Å². The maximum absolute atomic E-state index is 14.0. The van der Waals surface area contributed by atoms with Crippen molar-refractivity contribution in [1.82, 2.24) is 4.90 Å². The van der Waals surface area contributed by atoms with Crippen LogP contribution in [0, 0.1) is 17.7 Å². The Hall–Kier alpha value is -1.79. The molecule has 0 spiro atoms. The summed E-state index contributed by atoms with van der Waals surface area (Å²) in [5.74, 6) is -19.9. The number of methoxy groups -OCH3 is 2. The van der Waals surface area contributed by atoms with Crippen LogP contribution in [0.1, 0.15) is 99.8 Å². The highest BCUT2D eigenvalue weighted by molar-refractivity contribution is 5.76. The van der Waals surface area contributed by atoms with Gasteiger partial charge in [-0.3, -0.25) is 9.69 Å². The molecule has 1 fully saturated rings. The normalized spacial score (nSPS) is 53.1. The summed E-state index contributed by atoms with van der Waals surface area (Å²) in [5, 5.41) is 0. The highest BCUT2D eigenvalue weighted by Crippen LogP contribution is 2.44. The van der Waals surface area contributed by atoms with Gasteiger partial charge in [-0.25, -0.2) is 0 Å². The summed E-state index contributed by atoms with van der Waals surface area (Å²) in [4.78, 5) is 13.9. The molecule has 3 rings (SSSR count). The standard InChI is InChI=1S/C24H38N2O4/c1-14(2)9-17-13-26-8-7-16-10-21(28-5)22(29-6)11-18(16)19(26)12-20(17)30-24(27)23(25)15(3)4/h10-11,14-15,17,19-20,23H,7-9,12-13,25H2,1-6H3/t17?,19?,20?,23-/m0/s1/i1D3,2D3,3D3,4D3,5D3,6D3,9D2,10D,11D,12D2,13D2,14D,15D,17D,19D,23D. The molecule has 3 unspecified atom stereocenters. The summed E-state index contributed by atoms with van der Waals surface area (Å²) in [7, 11) is -7.21. The van der Waals surface area contributed by atoms with Gasteiger partial charge in [0.1, 0.15) is 12.1 Å².